The van der Waals surface area contributed by atoms with Crippen molar-refractivity contribution >= 4 is 11.9 Å². The van der Waals surface area contributed by atoms with E-state index < -0.39 is 5.97 Å². The highest BCUT2D eigenvalue weighted by Gasteiger charge is 2.11. The van der Waals surface area contributed by atoms with Gasteiger partial charge in [0.2, 0.25) is 5.91 Å². The van der Waals surface area contributed by atoms with Gasteiger partial charge in [-0.05, 0) is 12.8 Å². The summed E-state index contributed by atoms with van der Waals surface area (Å²) < 4.78 is 4.92. The maximum absolute atomic E-state index is 11.8. The average molecular weight is 243 g/mol. The summed E-state index contributed by atoms with van der Waals surface area (Å²) in [5, 5.41) is 8.46. The third-order valence-electron chi connectivity index (χ3n) is 2.30. The van der Waals surface area contributed by atoms with E-state index in [0.29, 0.717) is 39.0 Å². The van der Waals surface area contributed by atoms with Gasteiger partial charge in [0.1, 0.15) is 0 Å². The van der Waals surface area contributed by atoms with Crippen molar-refractivity contribution in [2.75, 3.05) is 26.8 Å². The zero-order chi connectivity index (χ0) is 13.1. The van der Waals surface area contributed by atoms with Gasteiger partial charge < -0.3 is 14.7 Å². The van der Waals surface area contributed by atoms with Crippen LogP contribution in [0.2, 0.25) is 0 Å². The highest BCUT2D eigenvalue weighted by Crippen LogP contribution is 2.04. The first-order chi connectivity index (χ1) is 8.11. The fourth-order valence-electron chi connectivity index (χ4n) is 1.39. The quantitative estimate of drug-likeness (QED) is 0.464. The van der Waals surface area contributed by atoms with E-state index in [1.165, 1.54) is 0 Å². The number of amides is 1. The van der Waals surface area contributed by atoms with Gasteiger partial charge in [-0.1, -0.05) is 6.08 Å². The van der Waals surface area contributed by atoms with Crippen molar-refractivity contribution in [3.05, 3.63) is 12.7 Å². The van der Waals surface area contributed by atoms with E-state index in [4.69, 9.17) is 9.84 Å². The molecule has 0 rings (SSSR count). The Hall–Kier alpha value is -1.36. The molecule has 0 aromatic rings. The molecule has 0 atom stereocenters. The van der Waals surface area contributed by atoms with Crippen molar-refractivity contribution < 1.29 is 19.4 Å². The first kappa shape index (κ1) is 15.6. The Morgan fingerprint density at radius 2 is 2.00 bits per heavy atom. The topological polar surface area (TPSA) is 66.8 Å². The van der Waals surface area contributed by atoms with E-state index in [1.807, 2.05) is 0 Å². The number of unbranched alkanes of at least 4 members (excludes halogenated alkanes) is 1. The summed E-state index contributed by atoms with van der Waals surface area (Å²) in [4.78, 5) is 23.7. The second kappa shape index (κ2) is 9.84. The van der Waals surface area contributed by atoms with Gasteiger partial charge in [0.25, 0.3) is 0 Å². The average Bonchev–Trinajstić information content (AvgIpc) is 2.29. The molecule has 0 aliphatic carbocycles. The highest BCUT2D eigenvalue weighted by atomic mass is 16.5. The summed E-state index contributed by atoms with van der Waals surface area (Å²) in [6, 6.07) is 0. The van der Waals surface area contributed by atoms with Crippen LogP contribution < -0.4 is 0 Å². The number of carbonyl (C=O) groups excluding carboxylic acids is 1. The number of nitrogens with zero attached hydrogens (tertiary/aromatic N) is 1. The number of hydrogen-bond acceptors (Lipinski definition) is 3. The molecule has 0 saturated heterocycles. The third-order valence-corrected chi connectivity index (χ3v) is 2.30. The molecule has 0 unspecified atom stereocenters. The molecule has 1 N–H and O–H groups in total. The molecule has 0 spiro atoms. The molecule has 0 aliphatic rings. The van der Waals surface area contributed by atoms with Crippen LogP contribution in [0.15, 0.2) is 12.7 Å². The first-order valence-electron chi connectivity index (χ1n) is 5.71. The Balaban J connectivity index is 3.87. The van der Waals surface area contributed by atoms with E-state index in [9.17, 15) is 9.59 Å². The number of carboxylic acids is 1. The van der Waals surface area contributed by atoms with Crippen LogP contribution in [-0.2, 0) is 14.3 Å². The largest absolute Gasteiger partial charge is 0.481 e. The number of methoxy groups -OCH3 is 1. The number of hydrogen-bond donors (Lipinski definition) is 1. The molecule has 1 amide bonds. The van der Waals surface area contributed by atoms with Crippen LogP contribution in [0.4, 0.5) is 0 Å². The number of carboxylic acid groups (broad SMARTS) is 1. The zero-order valence-corrected chi connectivity index (χ0v) is 10.4. The lowest BCUT2D eigenvalue weighted by molar-refractivity contribution is -0.137. The van der Waals surface area contributed by atoms with Crippen molar-refractivity contribution in [3.63, 3.8) is 0 Å². The van der Waals surface area contributed by atoms with E-state index >= 15 is 0 Å². The zero-order valence-electron chi connectivity index (χ0n) is 10.4. The van der Waals surface area contributed by atoms with E-state index in [1.54, 1.807) is 18.1 Å². The molecule has 17 heavy (non-hydrogen) atoms. The molecule has 0 saturated carbocycles. The summed E-state index contributed by atoms with van der Waals surface area (Å²) in [5.41, 5.74) is 0. The van der Waals surface area contributed by atoms with Crippen LogP contribution in [-0.4, -0.2) is 48.7 Å². The molecule has 0 aromatic carbocycles. The Bertz CT molecular complexity index is 253. The summed E-state index contributed by atoms with van der Waals surface area (Å²) in [5.74, 6) is -0.799. The normalized spacial score (nSPS) is 9.94. The molecule has 0 bridgehead atoms. The van der Waals surface area contributed by atoms with Crippen molar-refractivity contribution in [1.29, 1.82) is 0 Å². The van der Waals surface area contributed by atoms with E-state index in [-0.39, 0.29) is 12.3 Å². The van der Waals surface area contributed by atoms with Crippen LogP contribution in [0.25, 0.3) is 0 Å². The second-order valence-corrected chi connectivity index (χ2v) is 3.72. The van der Waals surface area contributed by atoms with E-state index in [2.05, 4.69) is 6.58 Å². The molecular weight excluding hydrogens is 222 g/mol. The lowest BCUT2D eigenvalue weighted by Gasteiger charge is -2.20. The van der Waals surface area contributed by atoms with Gasteiger partial charge in [-0.25, -0.2) is 0 Å². The van der Waals surface area contributed by atoms with Gasteiger partial charge in [0.05, 0.1) is 6.61 Å². The summed E-state index contributed by atoms with van der Waals surface area (Å²) in [6.07, 6.45) is 3.31. The van der Waals surface area contributed by atoms with Gasteiger partial charge in [0, 0.05) is 33.0 Å². The van der Waals surface area contributed by atoms with Gasteiger partial charge in [-0.2, -0.15) is 0 Å². The molecule has 0 radical (unpaired) electrons. The summed E-state index contributed by atoms with van der Waals surface area (Å²) in [6.45, 7) is 5.14. The van der Waals surface area contributed by atoms with Gasteiger partial charge in [0.15, 0.2) is 0 Å². The van der Waals surface area contributed by atoms with Crippen LogP contribution in [0.5, 0.6) is 0 Å². The maximum Gasteiger partial charge on any atom is 0.303 e. The predicted molar refractivity (Wildman–Crippen MR) is 64.8 cm³/mol. The summed E-state index contributed by atoms with van der Waals surface area (Å²) in [7, 11) is 1.59. The van der Waals surface area contributed by atoms with Crippen molar-refractivity contribution in [3.8, 4) is 0 Å². The second-order valence-electron chi connectivity index (χ2n) is 3.72. The maximum atomic E-state index is 11.8. The minimum atomic E-state index is -0.820. The van der Waals surface area contributed by atoms with Gasteiger partial charge in [-0.15, -0.1) is 6.58 Å². The lowest BCUT2D eigenvalue weighted by atomic mass is 10.2. The number of ether oxygens (including phenoxy) is 1. The third kappa shape index (κ3) is 8.45. The Morgan fingerprint density at radius 3 is 2.53 bits per heavy atom. The van der Waals surface area contributed by atoms with E-state index in [0.717, 1.165) is 0 Å². The van der Waals surface area contributed by atoms with Crippen molar-refractivity contribution in [2.45, 2.75) is 25.7 Å². The minimum Gasteiger partial charge on any atom is -0.481 e. The molecular formula is C12H21NO4. The molecule has 98 valence electrons. The van der Waals surface area contributed by atoms with Crippen LogP contribution in [0.1, 0.15) is 25.7 Å². The van der Waals surface area contributed by atoms with Gasteiger partial charge in [-0.3, -0.25) is 9.59 Å². The molecule has 0 aromatic heterocycles. The number of aliphatic carboxylic acids is 1. The lowest BCUT2D eigenvalue weighted by Crippen LogP contribution is -2.33. The van der Waals surface area contributed by atoms with Crippen LogP contribution in [0.3, 0.4) is 0 Å². The Morgan fingerprint density at radius 1 is 1.35 bits per heavy atom. The minimum absolute atomic E-state index is 0.0207. The van der Waals surface area contributed by atoms with Crippen molar-refractivity contribution in [1.82, 2.24) is 4.90 Å². The predicted octanol–water partition coefficient (Wildman–Crippen LogP) is 1.29. The molecule has 5 nitrogen and oxygen atoms in total. The van der Waals surface area contributed by atoms with Crippen molar-refractivity contribution in [2.24, 2.45) is 0 Å². The smallest absolute Gasteiger partial charge is 0.303 e. The number of rotatable bonds is 10. The van der Waals surface area contributed by atoms with Gasteiger partial charge >= 0.3 is 5.97 Å². The first-order valence-corrected chi connectivity index (χ1v) is 5.71. The molecule has 0 heterocycles. The SMILES string of the molecule is C=CCN(CCOC)C(=O)CCCCC(=O)O. The summed E-state index contributed by atoms with van der Waals surface area (Å²) >= 11 is 0. The highest BCUT2D eigenvalue weighted by molar-refractivity contribution is 5.76. The molecule has 5 heteroatoms. The standard InChI is InChI=1S/C12H21NO4/c1-3-8-13(9-10-17-2)11(14)6-4-5-7-12(15)16/h3H,1,4-10H2,2H3,(H,15,16). The Labute approximate surface area is 102 Å². The molecule has 0 fully saturated rings. The van der Waals surface area contributed by atoms with Crippen LogP contribution >= 0.6 is 0 Å². The monoisotopic (exact) mass is 243 g/mol. The van der Waals surface area contributed by atoms with Crippen LogP contribution in [0, 0.1) is 0 Å². The fraction of sp³-hybridized carbons (Fsp3) is 0.667. The Kier molecular flexibility index (Phi) is 9.05. The number of carbonyl (C=O) groups is 2. The molecule has 0 aliphatic heterocycles. The fourth-order valence-corrected chi connectivity index (χ4v) is 1.39.